The fraction of sp³-hybridized carbons (Fsp3) is 0.600. The van der Waals surface area contributed by atoms with E-state index in [4.69, 9.17) is 4.74 Å². The molecule has 5 nitrogen and oxygen atoms in total. The molecule has 1 atom stereocenters. The zero-order chi connectivity index (χ0) is 14.4. The van der Waals surface area contributed by atoms with E-state index in [0.717, 1.165) is 50.4 Å². The number of pyridine rings is 1. The monoisotopic (exact) mass is 277 g/mol. The molecule has 0 spiro atoms. The van der Waals surface area contributed by atoms with Gasteiger partial charge in [-0.2, -0.15) is 0 Å². The molecular formula is C15H23N3O2. The molecule has 0 radical (unpaired) electrons. The lowest BCUT2D eigenvalue weighted by atomic mass is 10.1. The van der Waals surface area contributed by atoms with E-state index in [9.17, 15) is 4.79 Å². The summed E-state index contributed by atoms with van der Waals surface area (Å²) in [6.45, 7) is 5.59. The Morgan fingerprint density at radius 3 is 3.20 bits per heavy atom. The number of ether oxygens (including phenoxy) is 1. The van der Waals surface area contributed by atoms with Gasteiger partial charge in [0.25, 0.3) is 0 Å². The molecule has 2 heterocycles. The summed E-state index contributed by atoms with van der Waals surface area (Å²) in [5.41, 5.74) is 2.15. The highest BCUT2D eigenvalue weighted by molar-refractivity contribution is 5.72. The van der Waals surface area contributed by atoms with Gasteiger partial charge in [0.2, 0.25) is 0 Å². The van der Waals surface area contributed by atoms with Crippen LogP contribution in [-0.2, 0) is 16.1 Å². The minimum Gasteiger partial charge on any atom is -0.469 e. The van der Waals surface area contributed by atoms with Crippen LogP contribution >= 0.6 is 0 Å². The zero-order valence-electron chi connectivity index (χ0n) is 12.3. The Morgan fingerprint density at radius 2 is 2.45 bits per heavy atom. The first-order valence-electron chi connectivity index (χ1n) is 7.22. The van der Waals surface area contributed by atoms with Gasteiger partial charge in [0.15, 0.2) is 0 Å². The molecular weight excluding hydrogens is 254 g/mol. The number of esters is 1. The Labute approximate surface area is 120 Å². The molecule has 1 aliphatic rings. The second-order valence-corrected chi connectivity index (χ2v) is 5.21. The summed E-state index contributed by atoms with van der Waals surface area (Å²) in [6, 6.07) is 4.07. The number of carbonyl (C=O) groups is 1. The lowest BCUT2D eigenvalue weighted by Crippen LogP contribution is -2.24. The Balaban J connectivity index is 1.89. The van der Waals surface area contributed by atoms with Crippen molar-refractivity contribution < 1.29 is 9.53 Å². The molecule has 1 N–H and O–H groups in total. The fourth-order valence-electron chi connectivity index (χ4n) is 2.51. The van der Waals surface area contributed by atoms with Crippen molar-refractivity contribution in [1.82, 2.24) is 9.88 Å². The highest BCUT2D eigenvalue weighted by Crippen LogP contribution is 2.20. The van der Waals surface area contributed by atoms with Crippen LogP contribution in [0.3, 0.4) is 0 Å². The predicted molar refractivity (Wildman–Crippen MR) is 78.4 cm³/mol. The molecule has 5 heteroatoms. The van der Waals surface area contributed by atoms with Crippen LogP contribution in [0.25, 0.3) is 0 Å². The third-order valence-electron chi connectivity index (χ3n) is 3.59. The van der Waals surface area contributed by atoms with Gasteiger partial charge in [-0.3, -0.25) is 14.7 Å². The van der Waals surface area contributed by atoms with Gasteiger partial charge in [0.1, 0.15) is 0 Å². The van der Waals surface area contributed by atoms with Crippen LogP contribution in [0.2, 0.25) is 0 Å². The van der Waals surface area contributed by atoms with Crippen LogP contribution in [0.4, 0.5) is 5.69 Å². The van der Waals surface area contributed by atoms with E-state index in [-0.39, 0.29) is 11.9 Å². The van der Waals surface area contributed by atoms with Crippen LogP contribution in [0.1, 0.15) is 25.5 Å². The summed E-state index contributed by atoms with van der Waals surface area (Å²) < 4.78 is 4.80. The van der Waals surface area contributed by atoms with Crippen molar-refractivity contribution in [3.05, 3.63) is 24.0 Å². The largest absolute Gasteiger partial charge is 0.469 e. The number of hydrogen-bond donors (Lipinski definition) is 1. The Kier molecular flexibility index (Phi) is 5.35. The number of methoxy groups -OCH3 is 1. The predicted octanol–water partition coefficient (Wildman–Crippen LogP) is 1.90. The van der Waals surface area contributed by atoms with Crippen LogP contribution in [0.15, 0.2) is 18.3 Å². The van der Waals surface area contributed by atoms with E-state index in [2.05, 4.69) is 28.2 Å². The van der Waals surface area contributed by atoms with Crippen molar-refractivity contribution in [2.24, 2.45) is 5.92 Å². The lowest BCUT2D eigenvalue weighted by Gasteiger charge is -2.15. The smallest absolute Gasteiger partial charge is 0.310 e. The van der Waals surface area contributed by atoms with Gasteiger partial charge in [-0.25, -0.2) is 0 Å². The van der Waals surface area contributed by atoms with Crippen LogP contribution in [0, 0.1) is 5.92 Å². The summed E-state index contributed by atoms with van der Waals surface area (Å²) >= 11 is 0. The molecule has 20 heavy (non-hydrogen) atoms. The average Bonchev–Trinajstić information content (AvgIpc) is 2.93. The normalized spacial score (nSPS) is 19.0. The maximum absolute atomic E-state index is 11.5. The first-order valence-corrected chi connectivity index (χ1v) is 7.22. The number of hydrogen-bond acceptors (Lipinski definition) is 5. The first-order chi connectivity index (χ1) is 9.72. The molecule has 110 valence electrons. The van der Waals surface area contributed by atoms with Gasteiger partial charge in [-0.15, -0.1) is 0 Å². The molecule has 0 amide bonds. The minimum absolute atomic E-state index is 0.0152. The van der Waals surface area contributed by atoms with Gasteiger partial charge < -0.3 is 10.1 Å². The number of carbonyl (C=O) groups excluding carboxylic acids is 1. The molecule has 2 rings (SSSR count). The van der Waals surface area contributed by atoms with Crippen molar-refractivity contribution in [3.8, 4) is 0 Å². The third-order valence-corrected chi connectivity index (χ3v) is 3.59. The van der Waals surface area contributed by atoms with Crippen LogP contribution < -0.4 is 5.32 Å². The van der Waals surface area contributed by atoms with Crippen molar-refractivity contribution in [2.75, 3.05) is 32.1 Å². The van der Waals surface area contributed by atoms with E-state index in [0.29, 0.717) is 0 Å². The molecule has 0 bridgehead atoms. The maximum atomic E-state index is 11.5. The van der Waals surface area contributed by atoms with Gasteiger partial charge in [0.05, 0.1) is 18.7 Å². The number of nitrogens with zero attached hydrogens (tertiary/aromatic N) is 2. The van der Waals surface area contributed by atoms with Gasteiger partial charge >= 0.3 is 5.97 Å². The van der Waals surface area contributed by atoms with E-state index in [1.807, 2.05) is 12.3 Å². The molecule has 1 unspecified atom stereocenters. The van der Waals surface area contributed by atoms with Gasteiger partial charge in [-0.05, 0) is 31.5 Å². The summed E-state index contributed by atoms with van der Waals surface area (Å²) in [5.74, 6) is -0.0831. The van der Waals surface area contributed by atoms with Gasteiger partial charge in [0, 0.05) is 31.5 Å². The number of rotatable bonds is 6. The molecule has 0 saturated carbocycles. The molecule has 0 aromatic carbocycles. The van der Waals surface area contributed by atoms with Crippen LogP contribution in [-0.4, -0.2) is 42.6 Å². The summed E-state index contributed by atoms with van der Waals surface area (Å²) in [4.78, 5) is 18.2. The second kappa shape index (κ2) is 7.24. The highest BCUT2D eigenvalue weighted by Gasteiger charge is 2.28. The minimum atomic E-state index is -0.0983. The molecule has 1 aromatic rings. The second-order valence-electron chi connectivity index (χ2n) is 5.21. The van der Waals surface area contributed by atoms with E-state index < -0.39 is 0 Å². The average molecular weight is 277 g/mol. The molecule has 1 fully saturated rings. The summed E-state index contributed by atoms with van der Waals surface area (Å²) in [7, 11) is 1.45. The third kappa shape index (κ3) is 3.93. The number of likely N-dealkylation sites (tertiary alicyclic amines) is 1. The Hall–Kier alpha value is -1.62. The Bertz CT molecular complexity index is 450. The zero-order valence-corrected chi connectivity index (χ0v) is 12.3. The summed E-state index contributed by atoms with van der Waals surface area (Å²) in [6.07, 6.45) is 3.81. The number of aromatic nitrogens is 1. The van der Waals surface area contributed by atoms with Gasteiger partial charge in [-0.1, -0.05) is 6.92 Å². The van der Waals surface area contributed by atoms with Crippen LogP contribution in [0.5, 0.6) is 0 Å². The maximum Gasteiger partial charge on any atom is 0.310 e. The molecule has 1 aliphatic heterocycles. The van der Waals surface area contributed by atoms with Crippen molar-refractivity contribution in [1.29, 1.82) is 0 Å². The van der Waals surface area contributed by atoms with E-state index in [1.54, 1.807) is 0 Å². The van der Waals surface area contributed by atoms with Crippen molar-refractivity contribution >= 4 is 11.7 Å². The molecule has 1 saturated heterocycles. The number of nitrogens with one attached hydrogen (secondary N) is 1. The quantitative estimate of drug-likeness (QED) is 0.805. The van der Waals surface area contributed by atoms with E-state index in [1.165, 1.54) is 7.11 Å². The number of anilines is 1. The standard InChI is InChI=1S/C15H23N3O2/c1-3-6-16-13-4-7-17-14(9-13)11-18-8-5-12(10-18)15(19)20-2/h4,7,9,12H,3,5-6,8,10-11H2,1-2H3,(H,16,17). The molecule has 0 aliphatic carbocycles. The first kappa shape index (κ1) is 14.8. The van der Waals surface area contributed by atoms with Crippen molar-refractivity contribution in [2.45, 2.75) is 26.3 Å². The summed E-state index contributed by atoms with van der Waals surface area (Å²) in [5, 5.41) is 3.36. The Morgan fingerprint density at radius 1 is 1.60 bits per heavy atom. The highest BCUT2D eigenvalue weighted by atomic mass is 16.5. The lowest BCUT2D eigenvalue weighted by molar-refractivity contribution is -0.144. The topological polar surface area (TPSA) is 54.5 Å². The molecule has 1 aromatic heterocycles. The SMILES string of the molecule is CCCNc1ccnc(CN2CCC(C(=O)OC)C2)c1. The van der Waals surface area contributed by atoms with Crippen molar-refractivity contribution in [3.63, 3.8) is 0 Å². The fourth-order valence-corrected chi connectivity index (χ4v) is 2.51. The van der Waals surface area contributed by atoms with E-state index >= 15 is 0 Å².